The second-order valence-corrected chi connectivity index (χ2v) is 2.92. The molecule has 0 atom stereocenters. The van der Waals surface area contributed by atoms with Gasteiger partial charge in [-0.2, -0.15) is 5.26 Å². The molecule has 0 spiro atoms. The molecule has 64 valence electrons. The lowest BCUT2D eigenvalue weighted by Crippen LogP contribution is -2.12. The molecule has 0 aliphatic rings. The fourth-order valence-electron chi connectivity index (χ4n) is 0.671. The molecule has 1 aromatic rings. The summed E-state index contributed by atoms with van der Waals surface area (Å²) in [5.74, 6) is 0. The lowest BCUT2D eigenvalue weighted by Gasteiger charge is -1.86. The van der Waals surface area contributed by atoms with Gasteiger partial charge >= 0.3 is 0 Å². The van der Waals surface area contributed by atoms with Crippen LogP contribution in [0.4, 0.5) is 0 Å². The van der Waals surface area contributed by atoms with Gasteiger partial charge in [0.2, 0.25) is 4.80 Å². The molecule has 0 saturated heterocycles. The van der Waals surface area contributed by atoms with Crippen LogP contribution >= 0.6 is 11.5 Å². The van der Waals surface area contributed by atoms with E-state index in [1.807, 2.05) is 0 Å². The summed E-state index contributed by atoms with van der Waals surface area (Å²) in [5.41, 5.74) is 0. The summed E-state index contributed by atoms with van der Waals surface area (Å²) in [5, 5.41) is 12.0. The Morgan fingerprint density at radius 1 is 1.75 bits per heavy atom. The molecule has 12 heavy (non-hydrogen) atoms. The quantitative estimate of drug-likeness (QED) is 0.623. The van der Waals surface area contributed by atoms with Crippen LogP contribution in [0.5, 0.6) is 0 Å². The van der Waals surface area contributed by atoms with Crippen molar-refractivity contribution < 1.29 is 0 Å². The Kier molecular flexibility index (Phi) is 3.41. The highest BCUT2D eigenvalue weighted by Crippen LogP contribution is 1.85. The monoisotopic (exact) mass is 183 g/mol. The predicted octanol–water partition coefficient (Wildman–Crippen LogP) is 0.0811. The van der Waals surface area contributed by atoms with E-state index < -0.39 is 0 Å². The van der Waals surface area contributed by atoms with Crippen LogP contribution in [-0.4, -0.2) is 20.9 Å². The standard InChI is InChI=1S/C6H9N5S/c1-11-6(12-10-9-11)8-5-3-2-4-7/h2-3,5H2,1H3. The first-order chi connectivity index (χ1) is 5.84. The highest BCUT2D eigenvalue weighted by atomic mass is 32.1. The third kappa shape index (κ3) is 2.43. The van der Waals surface area contributed by atoms with Crippen molar-refractivity contribution in [2.45, 2.75) is 12.8 Å². The van der Waals surface area contributed by atoms with Crippen LogP contribution in [0.25, 0.3) is 0 Å². The number of nitrogens with zero attached hydrogens (tertiary/aromatic N) is 5. The molecule has 0 aliphatic carbocycles. The Morgan fingerprint density at radius 2 is 2.58 bits per heavy atom. The molecule has 0 aliphatic heterocycles. The van der Waals surface area contributed by atoms with Crippen LogP contribution in [0, 0.1) is 11.3 Å². The van der Waals surface area contributed by atoms with Gasteiger partial charge in [-0.3, -0.25) is 4.99 Å². The number of rotatable bonds is 3. The molecule has 0 fully saturated rings. The molecule has 0 aromatic carbocycles. The number of unbranched alkanes of at least 4 members (excludes halogenated alkanes) is 1. The molecule has 1 rings (SSSR count). The van der Waals surface area contributed by atoms with E-state index in [0.717, 1.165) is 11.2 Å². The molecular weight excluding hydrogens is 174 g/mol. The van der Waals surface area contributed by atoms with E-state index in [2.05, 4.69) is 20.8 Å². The van der Waals surface area contributed by atoms with E-state index in [1.165, 1.54) is 11.5 Å². The SMILES string of the molecule is Cn1nnsc1=NCCCC#N. The van der Waals surface area contributed by atoms with Crippen LogP contribution < -0.4 is 4.80 Å². The molecule has 0 saturated carbocycles. The van der Waals surface area contributed by atoms with Crippen molar-refractivity contribution in [3.05, 3.63) is 4.80 Å². The summed E-state index contributed by atoms with van der Waals surface area (Å²) in [6, 6.07) is 2.07. The van der Waals surface area contributed by atoms with E-state index in [0.29, 0.717) is 13.0 Å². The second-order valence-electron chi connectivity index (χ2n) is 2.21. The van der Waals surface area contributed by atoms with Gasteiger partial charge in [-0.15, -0.1) is 0 Å². The van der Waals surface area contributed by atoms with Gasteiger partial charge in [-0.1, -0.05) is 9.70 Å². The van der Waals surface area contributed by atoms with Gasteiger partial charge in [0.05, 0.1) is 6.07 Å². The number of nitriles is 1. The summed E-state index contributed by atoms with van der Waals surface area (Å²) >= 11 is 1.26. The van der Waals surface area contributed by atoms with E-state index in [-0.39, 0.29) is 0 Å². The third-order valence-corrected chi connectivity index (χ3v) is 1.98. The smallest absolute Gasteiger partial charge is 0.222 e. The minimum atomic E-state index is 0.555. The van der Waals surface area contributed by atoms with Crippen molar-refractivity contribution in [3.63, 3.8) is 0 Å². The molecular formula is C6H9N5S. The third-order valence-electron chi connectivity index (χ3n) is 1.26. The van der Waals surface area contributed by atoms with Crippen molar-refractivity contribution >= 4 is 11.5 Å². The molecule has 5 nitrogen and oxygen atoms in total. The van der Waals surface area contributed by atoms with E-state index in [1.54, 1.807) is 11.7 Å². The van der Waals surface area contributed by atoms with E-state index in [4.69, 9.17) is 5.26 Å². The lowest BCUT2D eigenvalue weighted by atomic mass is 10.3. The Hall–Kier alpha value is -1.22. The van der Waals surface area contributed by atoms with Crippen molar-refractivity contribution in [1.29, 1.82) is 5.26 Å². The predicted molar refractivity (Wildman–Crippen MR) is 44.2 cm³/mol. The van der Waals surface area contributed by atoms with E-state index >= 15 is 0 Å². The Labute approximate surface area is 74.1 Å². The lowest BCUT2D eigenvalue weighted by molar-refractivity contribution is 0.673. The molecule has 1 aromatic heterocycles. The number of aryl methyl sites for hydroxylation is 1. The summed E-state index contributed by atoms with van der Waals surface area (Å²) in [4.78, 5) is 5.01. The normalized spacial score (nSPS) is 11.5. The van der Waals surface area contributed by atoms with Crippen molar-refractivity contribution in [3.8, 4) is 6.07 Å². The zero-order chi connectivity index (χ0) is 8.81. The molecule has 0 bridgehead atoms. The Morgan fingerprint density at radius 3 is 3.17 bits per heavy atom. The minimum absolute atomic E-state index is 0.555. The summed E-state index contributed by atoms with van der Waals surface area (Å²) in [7, 11) is 1.80. The van der Waals surface area contributed by atoms with Gasteiger partial charge in [-0.05, 0) is 6.42 Å². The molecule has 1 heterocycles. The maximum atomic E-state index is 8.26. The van der Waals surface area contributed by atoms with Crippen molar-refractivity contribution in [2.24, 2.45) is 12.0 Å². The largest absolute Gasteiger partial charge is 0.256 e. The van der Waals surface area contributed by atoms with Crippen LogP contribution in [-0.2, 0) is 7.05 Å². The Bertz CT molecular complexity index is 330. The van der Waals surface area contributed by atoms with Crippen molar-refractivity contribution in [2.75, 3.05) is 6.54 Å². The fraction of sp³-hybridized carbons (Fsp3) is 0.667. The zero-order valence-corrected chi connectivity index (χ0v) is 7.58. The van der Waals surface area contributed by atoms with Gasteiger partial charge in [0.25, 0.3) is 0 Å². The zero-order valence-electron chi connectivity index (χ0n) is 6.77. The minimum Gasteiger partial charge on any atom is -0.256 e. The summed E-state index contributed by atoms with van der Waals surface area (Å²) in [6.45, 7) is 0.672. The number of aromatic nitrogens is 3. The molecule has 6 heteroatoms. The maximum absolute atomic E-state index is 8.26. The van der Waals surface area contributed by atoms with Crippen LogP contribution in [0.3, 0.4) is 0 Å². The van der Waals surface area contributed by atoms with Gasteiger partial charge in [0, 0.05) is 31.5 Å². The summed E-state index contributed by atoms with van der Waals surface area (Å²) < 4.78 is 5.34. The average molecular weight is 183 g/mol. The highest BCUT2D eigenvalue weighted by molar-refractivity contribution is 7.02. The van der Waals surface area contributed by atoms with Crippen LogP contribution in [0.15, 0.2) is 4.99 Å². The van der Waals surface area contributed by atoms with Gasteiger partial charge < -0.3 is 0 Å². The topological polar surface area (TPSA) is 66.9 Å². The Balaban J connectivity index is 2.49. The number of hydrogen-bond acceptors (Lipinski definition) is 5. The molecule has 0 N–H and O–H groups in total. The fourth-order valence-corrected chi connectivity index (χ4v) is 1.19. The van der Waals surface area contributed by atoms with Gasteiger partial charge in [-0.25, -0.2) is 4.68 Å². The summed E-state index contributed by atoms with van der Waals surface area (Å²) in [6.07, 6.45) is 1.36. The highest BCUT2D eigenvalue weighted by Gasteiger charge is 1.89. The molecule has 0 radical (unpaired) electrons. The average Bonchev–Trinajstić information content (AvgIpc) is 2.46. The number of hydrogen-bond donors (Lipinski definition) is 0. The molecule has 0 amide bonds. The first-order valence-corrected chi connectivity index (χ1v) is 4.35. The van der Waals surface area contributed by atoms with Crippen LogP contribution in [0.2, 0.25) is 0 Å². The first-order valence-electron chi connectivity index (χ1n) is 3.57. The second kappa shape index (κ2) is 4.62. The van der Waals surface area contributed by atoms with Gasteiger partial charge in [0.15, 0.2) is 0 Å². The first kappa shape index (κ1) is 8.87. The molecule has 0 unspecified atom stereocenters. The van der Waals surface area contributed by atoms with Gasteiger partial charge in [0.1, 0.15) is 0 Å². The van der Waals surface area contributed by atoms with Crippen LogP contribution in [0.1, 0.15) is 12.8 Å². The van der Waals surface area contributed by atoms with Crippen molar-refractivity contribution in [1.82, 2.24) is 14.4 Å². The maximum Gasteiger partial charge on any atom is 0.222 e. The van der Waals surface area contributed by atoms with E-state index in [9.17, 15) is 0 Å².